The van der Waals surface area contributed by atoms with Crippen LogP contribution in [0.4, 0.5) is 0 Å². The van der Waals surface area contributed by atoms with Crippen LogP contribution in [-0.2, 0) is 6.54 Å². The predicted octanol–water partition coefficient (Wildman–Crippen LogP) is 2.76. The number of nitrogens with zero attached hydrogens (tertiary/aromatic N) is 3. The molecule has 1 aliphatic heterocycles. The first kappa shape index (κ1) is 14.3. The molecule has 0 radical (unpaired) electrons. The molecule has 4 heteroatoms. The van der Waals surface area contributed by atoms with Crippen LogP contribution >= 0.6 is 11.6 Å². The Balaban J connectivity index is 1.87. The van der Waals surface area contributed by atoms with Crippen molar-refractivity contribution in [3.8, 4) is 6.07 Å². The Hall–Kier alpha value is -1.08. The molecule has 1 aromatic rings. The fourth-order valence-electron chi connectivity index (χ4n) is 2.53. The minimum atomic E-state index is 0.0717. The smallest absolute Gasteiger partial charge is 0.0976 e. The molecule has 1 saturated heterocycles. The van der Waals surface area contributed by atoms with Crippen LogP contribution in [0.2, 0.25) is 5.02 Å². The Kier molecular flexibility index (Phi) is 5.21. The molecule has 1 aliphatic rings. The summed E-state index contributed by atoms with van der Waals surface area (Å²) in [6, 6.07) is 10.5. The second-order valence-electron chi connectivity index (χ2n) is 4.96. The molecular formula is C15H20ClN3. The average molecular weight is 278 g/mol. The highest BCUT2D eigenvalue weighted by molar-refractivity contribution is 6.31. The van der Waals surface area contributed by atoms with Crippen molar-refractivity contribution in [2.75, 3.05) is 26.2 Å². The monoisotopic (exact) mass is 277 g/mol. The van der Waals surface area contributed by atoms with E-state index in [1.165, 1.54) is 5.56 Å². The van der Waals surface area contributed by atoms with E-state index in [2.05, 4.69) is 28.9 Å². The van der Waals surface area contributed by atoms with Gasteiger partial charge in [0.1, 0.15) is 0 Å². The van der Waals surface area contributed by atoms with Crippen molar-refractivity contribution >= 4 is 11.6 Å². The van der Waals surface area contributed by atoms with Crippen LogP contribution in [0.1, 0.15) is 18.9 Å². The quantitative estimate of drug-likeness (QED) is 0.848. The molecule has 19 heavy (non-hydrogen) atoms. The topological polar surface area (TPSA) is 30.3 Å². The highest BCUT2D eigenvalue weighted by Gasteiger charge is 2.22. The fourth-order valence-corrected chi connectivity index (χ4v) is 2.73. The van der Waals surface area contributed by atoms with Gasteiger partial charge in [0.05, 0.1) is 12.1 Å². The third-order valence-electron chi connectivity index (χ3n) is 3.74. The van der Waals surface area contributed by atoms with Crippen molar-refractivity contribution in [1.82, 2.24) is 9.80 Å². The number of halogens is 1. The van der Waals surface area contributed by atoms with E-state index >= 15 is 0 Å². The first-order valence-corrected chi connectivity index (χ1v) is 7.21. The SMILES string of the molecule is CCC(C#N)N1CCN(Cc2ccccc2Cl)CC1. The first-order chi connectivity index (χ1) is 9.24. The summed E-state index contributed by atoms with van der Waals surface area (Å²) in [5.74, 6) is 0. The molecule has 0 saturated carbocycles. The van der Waals surface area contributed by atoms with Crippen LogP contribution in [0.3, 0.4) is 0 Å². The van der Waals surface area contributed by atoms with E-state index in [1.807, 2.05) is 18.2 Å². The zero-order chi connectivity index (χ0) is 13.7. The van der Waals surface area contributed by atoms with Crippen molar-refractivity contribution in [2.45, 2.75) is 25.9 Å². The zero-order valence-electron chi connectivity index (χ0n) is 11.3. The molecule has 0 bridgehead atoms. The maximum atomic E-state index is 9.09. The van der Waals surface area contributed by atoms with Crippen LogP contribution in [0.15, 0.2) is 24.3 Å². The van der Waals surface area contributed by atoms with Crippen LogP contribution < -0.4 is 0 Å². The highest BCUT2D eigenvalue weighted by atomic mass is 35.5. The van der Waals surface area contributed by atoms with E-state index < -0.39 is 0 Å². The van der Waals surface area contributed by atoms with Crippen LogP contribution in [-0.4, -0.2) is 42.0 Å². The number of piperazine rings is 1. The summed E-state index contributed by atoms with van der Waals surface area (Å²) >= 11 is 6.19. The summed E-state index contributed by atoms with van der Waals surface area (Å²) in [6.07, 6.45) is 0.904. The molecule has 3 nitrogen and oxygen atoms in total. The van der Waals surface area contributed by atoms with Crippen LogP contribution in [0.5, 0.6) is 0 Å². The van der Waals surface area contributed by atoms with Crippen molar-refractivity contribution in [1.29, 1.82) is 5.26 Å². The van der Waals surface area contributed by atoms with Crippen LogP contribution in [0, 0.1) is 11.3 Å². The third-order valence-corrected chi connectivity index (χ3v) is 4.10. The average Bonchev–Trinajstić information content (AvgIpc) is 2.44. The van der Waals surface area contributed by atoms with Gasteiger partial charge in [0.25, 0.3) is 0 Å². The van der Waals surface area contributed by atoms with E-state index in [-0.39, 0.29) is 6.04 Å². The van der Waals surface area contributed by atoms with Gasteiger partial charge < -0.3 is 0 Å². The van der Waals surface area contributed by atoms with Crippen molar-refractivity contribution in [3.05, 3.63) is 34.9 Å². The molecule has 0 aliphatic carbocycles. The lowest BCUT2D eigenvalue weighted by Crippen LogP contribution is -2.49. The standard InChI is InChI=1S/C15H20ClN3/c1-2-14(11-17)19-9-7-18(8-10-19)12-13-5-3-4-6-15(13)16/h3-6,14H,2,7-10,12H2,1H3. The molecular weight excluding hydrogens is 258 g/mol. The van der Waals surface area contributed by atoms with Gasteiger partial charge in [-0.1, -0.05) is 36.7 Å². The molecule has 102 valence electrons. The molecule has 0 N–H and O–H groups in total. The van der Waals surface area contributed by atoms with E-state index in [0.717, 1.165) is 44.2 Å². The summed E-state index contributed by atoms with van der Waals surface area (Å²) in [5, 5.41) is 9.93. The van der Waals surface area contributed by atoms with Crippen molar-refractivity contribution < 1.29 is 0 Å². The molecule has 1 aromatic carbocycles. The Bertz CT molecular complexity index is 447. The van der Waals surface area contributed by atoms with Gasteiger partial charge in [-0.2, -0.15) is 5.26 Å². The maximum Gasteiger partial charge on any atom is 0.0976 e. The third kappa shape index (κ3) is 3.70. The lowest BCUT2D eigenvalue weighted by Gasteiger charge is -2.36. The van der Waals surface area contributed by atoms with Crippen LogP contribution in [0.25, 0.3) is 0 Å². The van der Waals surface area contributed by atoms with E-state index in [1.54, 1.807) is 0 Å². The van der Waals surface area contributed by atoms with Gasteiger partial charge in [-0.3, -0.25) is 9.80 Å². The normalized spacial score (nSPS) is 19.0. The van der Waals surface area contributed by atoms with Gasteiger partial charge in [-0.25, -0.2) is 0 Å². The Labute approximate surface area is 120 Å². The fraction of sp³-hybridized carbons (Fsp3) is 0.533. The van der Waals surface area contributed by atoms with Gasteiger partial charge in [0.15, 0.2) is 0 Å². The van der Waals surface area contributed by atoms with Gasteiger partial charge in [0, 0.05) is 37.7 Å². The largest absolute Gasteiger partial charge is 0.296 e. The van der Waals surface area contributed by atoms with Gasteiger partial charge in [-0.05, 0) is 18.1 Å². The molecule has 0 spiro atoms. The summed E-state index contributed by atoms with van der Waals surface area (Å²) in [7, 11) is 0. The van der Waals surface area contributed by atoms with Gasteiger partial charge >= 0.3 is 0 Å². The number of rotatable bonds is 4. The number of hydrogen-bond acceptors (Lipinski definition) is 3. The maximum absolute atomic E-state index is 9.09. The molecule has 2 rings (SSSR count). The second kappa shape index (κ2) is 6.91. The lowest BCUT2D eigenvalue weighted by molar-refractivity contribution is 0.108. The number of hydrogen-bond donors (Lipinski definition) is 0. The summed E-state index contributed by atoms with van der Waals surface area (Å²) in [6.45, 7) is 6.92. The van der Waals surface area contributed by atoms with Crippen molar-refractivity contribution in [3.63, 3.8) is 0 Å². The Morgan fingerprint density at radius 3 is 2.53 bits per heavy atom. The summed E-state index contributed by atoms with van der Waals surface area (Å²) < 4.78 is 0. The molecule has 0 aromatic heterocycles. The van der Waals surface area contributed by atoms with E-state index in [9.17, 15) is 0 Å². The van der Waals surface area contributed by atoms with E-state index in [4.69, 9.17) is 16.9 Å². The minimum Gasteiger partial charge on any atom is -0.296 e. The van der Waals surface area contributed by atoms with E-state index in [0.29, 0.717) is 0 Å². The molecule has 1 heterocycles. The molecule has 1 unspecified atom stereocenters. The Morgan fingerprint density at radius 1 is 1.26 bits per heavy atom. The predicted molar refractivity (Wildman–Crippen MR) is 78.0 cm³/mol. The zero-order valence-corrected chi connectivity index (χ0v) is 12.1. The second-order valence-corrected chi connectivity index (χ2v) is 5.36. The van der Waals surface area contributed by atoms with Gasteiger partial charge in [-0.15, -0.1) is 0 Å². The molecule has 1 fully saturated rings. The molecule has 0 amide bonds. The molecule has 1 atom stereocenters. The van der Waals surface area contributed by atoms with Gasteiger partial charge in [0.2, 0.25) is 0 Å². The lowest BCUT2D eigenvalue weighted by atomic mass is 10.1. The Morgan fingerprint density at radius 2 is 1.95 bits per heavy atom. The number of nitriles is 1. The minimum absolute atomic E-state index is 0.0717. The first-order valence-electron chi connectivity index (χ1n) is 6.84. The summed E-state index contributed by atoms with van der Waals surface area (Å²) in [5.41, 5.74) is 1.19. The number of benzene rings is 1. The van der Waals surface area contributed by atoms with Crippen molar-refractivity contribution in [2.24, 2.45) is 0 Å². The highest BCUT2D eigenvalue weighted by Crippen LogP contribution is 2.18. The summed E-state index contributed by atoms with van der Waals surface area (Å²) in [4.78, 5) is 4.69.